The number of hydrogen-bond donors (Lipinski definition) is 2. The number of amides is 2. The number of urea groups is 1. The van der Waals surface area contributed by atoms with Crippen LogP contribution in [0, 0.1) is 0 Å². The molecule has 2 aromatic rings. The van der Waals surface area contributed by atoms with Gasteiger partial charge in [0.2, 0.25) is 5.88 Å². The van der Waals surface area contributed by atoms with Crippen LogP contribution in [0.25, 0.3) is 0 Å². The lowest BCUT2D eigenvalue weighted by Gasteiger charge is -2.10. The Morgan fingerprint density at radius 3 is 2.71 bits per heavy atom. The lowest BCUT2D eigenvalue weighted by atomic mass is 10.2. The summed E-state index contributed by atoms with van der Waals surface area (Å²) in [6.07, 6.45) is 1.35. The molecule has 2 rings (SSSR count). The third-order valence-electron chi connectivity index (χ3n) is 2.53. The van der Waals surface area contributed by atoms with Crippen molar-refractivity contribution in [3.05, 3.63) is 48.3 Å². The van der Waals surface area contributed by atoms with E-state index in [0.717, 1.165) is 5.56 Å². The van der Waals surface area contributed by atoms with Gasteiger partial charge in [-0.1, -0.05) is 30.3 Å². The lowest BCUT2D eigenvalue weighted by Crippen LogP contribution is -2.34. The summed E-state index contributed by atoms with van der Waals surface area (Å²) in [5, 5.41) is 5.35. The Hall–Kier alpha value is -2.63. The van der Waals surface area contributed by atoms with Gasteiger partial charge in [-0.15, -0.1) is 0 Å². The minimum absolute atomic E-state index is 0.0561. The number of carbonyl (C=O) groups excluding carboxylic acids is 1. The van der Waals surface area contributed by atoms with Crippen molar-refractivity contribution in [1.82, 2.24) is 15.3 Å². The molecule has 0 aliphatic carbocycles. The molecular formula is C15H18N4O2. The molecule has 0 radical (unpaired) electrons. The van der Waals surface area contributed by atoms with Crippen molar-refractivity contribution in [1.29, 1.82) is 0 Å². The molecule has 0 bridgehead atoms. The van der Waals surface area contributed by atoms with Crippen LogP contribution in [0.2, 0.25) is 0 Å². The predicted molar refractivity (Wildman–Crippen MR) is 80.1 cm³/mol. The fraction of sp³-hybridized carbons (Fsp3) is 0.267. The van der Waals surface area contributed by atoms with Crippen molar-refractivity contribution in [3.8, 4) is 5.88 Å². The first-order valence-corrected chi connectivity index (χ1v) is 6.70. The summed E-state index contributed by atoms with van der Waals surface area (Å²) in [7, 11) is 0. The second-order valence-electron chi connectivity index (χ2n) is 4.77. The Morgan fingerprint density at radius 2 is 2.00 bits per heavy atom. The summed E-state index contributed by atoms with van der Waals surface area (Å²) < 4.78 is 5.57. The minimum Gasteiger partial charge on any atom is -0.473 e. The molecule has 0 unspecified atom stereocenters. The number of benzene rings is 1. The maximum Gasteiger partial charge on any atom is 0.320 e. The van der Waals surface area contributed by atoms with Crippen molar-refractivity contribution < 1.29 is 9.53 Å². The number of hydrogen-bond acceptors (Lipinski definition) is 4. The number of rotatable bonds is 5. The zero-order valence-electron chi connectivity index (χ0n) is 12.0. The highest BCUT2D eigenvalue weighted by Crippen LogP contribution is 2.13. The van der Waals surface area contributed by atoms with Crippen molar-refractivity contribution >= 4 is 11.8 Å². The molecule has 0 aliphatic rings. The Kier molecular flexibility index (Phi) is 5.09. The maximum atomic E-state index is 11.6. The van der Waals surface area contributed by atoms with Gasteiger partial charge in [0.25, 0.3) is 0 Å². The Balaban J connectivity index is 1.93. The van der Waals surface area contributed by atoms with Crippen molar-refractivity contribution in [2.24, 2.45) is 0 Å². The number of nitrogens with zero attached hydrogens (tertiary/aromatic N) is 2. The van der Waals surface area contributed by atoms with Crippen LogP contribution in [-0.4, -0.2) is 22.0 Å². The quantitative estimate of drug-likeness (QED) is 0.885. The van der Waals surface area contributed by atoms with E-state index in [1.807, 2.05) is 44.2 Å². The van der Waals surface area contributed by atoms with Gasteiger partial charge >= 0.3 is 6.03 Å². The van der Waals surface area contributed by atoms with Gasteiger partial charge in [-0.05, 0) is 19.4 Å². The third-order valence-corrected chi connectivity index (χ3v) is 2.53. The van der Waals surface area contributed by atoms with Gasteiger partial charge in [0.15, 0.2) is 0 Å². The van der Waals surface area contributed by atoms with E-state index in [1.165, 1.54) is 6.33 Å². The topological polar surface area (TPSA) is 76.1 Å². The van der Waals surface area contributed by atoms with E-state index >= 15 is 0 Å². The molecule has 110 valence electrons. The van der Waals surface area contributed by atoms with E-state index in [4.69, 9.17) is 4.74 Å². The van der Waals surface area contributed by atoms with E-state index in [-0.39, 0.29) is 12.1 Å². The fourth-order valence-corrected chi connectivity index (χ4v) is 1.63. The molecule has 6 heteroatoms. The molecule has 0 fully saturated rings. The van der Waals surface area contributed by atoms with Crippen LogP contribution in [0.1, 0.15) is 19.4 Å². The van der Waals surface area contributed by atoms with Crippen LogP contribution in [0.5, 0.6) is 5.88 Å². The first-order chi connectivity index (χ1) is 10.1. The first kappa shape index (κ1) is 14.8. The molecule has 2 amide bonds. The Morgan fingerprint density at radius 1 is 1.24 bits per heavy atom. The SMILES string of the molecule is CC(C)NC(=O)Nc1cc(OCc2ccccc2)ncn1. The Bertz CT molecular complexity index is 587. The van der Waals surface area contributed by atoms with Crippen molar-refractivity contribution in [2.75, 3.05) is 5.32 Å². The van der Waals surface area contributed by atoms with Crippen LogP contribution >= 0.6 is 0 Å². The second kappa shape index (κ2) is 7.23. The molecule has 0 saturated carbocycles. The van der Waals surface area contributed by atoms with E-state index in [0.29, 0.717) is 18.3 Å². The number of carbonyl (C=O) groups is 1. The molecule has 0 spiro atoms. The van der Waals surface area contributed by atoms with Crippen molar-refractivity contribution in [3.63, 3.8) is 0 Å². The van der Waals surface area contributed by atoms with Crippen LogP contribution in [0.4, 0.5) is 10.6 Å². The molecule has 1 aromatic carbocycles. The van der Waals surface area contributed by atoms with E-state index in [9.17, 15) is 4.79 Å². The molecule has 0 atom stereocenters. The third kappa shape index (κ3) is 5.10. The van der Waals surface area contributed by atoms with Gasteiger partial charge in [0, 0.05) is 12.1 Å². The second-order valence-corrected chi connectivity index (χ2v) is 4.77. The summed E-state index contributed by atoms with van der Waals surface area (Å²) in [5.41, 5.74) is 1.04. The highest BCUT2D eigenvalue weighted by Gasteiger charge is 2.06. The predicted octanol–water partition coefficient (Wildman–Crippen LogP) is 2.59. The number of ether oxygens (including phenoxy) is 1. The molecule has 0 aliphatic heterocycles. The summed E-state index contributed by atoms with van der Waals surface area (Å²) >= 11 is 0. The molecule has 21 heavy (non-hydrogen) atoms. The minimum atomic E-state index is -0.308. The van der Waals surface area contributed by atoms with Crippen molar-refractivity contribution in [2.45, 2.75) is 26.5 Å². The Labute approximate surface area is 123 Å². The number of nitrogens with one attached hydrogen (secondary N) is 2. The zero-order chi connectivity index (χ0) is 15.1. The summed E-state index contributed by atoms with van der Waals surface area (Å²) in [5.74, 6) is 0.805. The van der Waals surface area contributed by atoms with E-state index in [1.54, 1.807) is 6.07 Å². The fourth-order valence-electron chi connectivity index (χ4n) is 1.63. The molecule has 2 N–H and O–H groups in total. The summed E-state index contributed by atoms with van der Waals surface area (Å²) in [4.78, 5) is 19.6. The average Bonchev–Trinajstić information content (AvgIpc) is 2.46. The standard InChI is InChI=1S/C15H18N4O2/c1-11(2)18-15(20)19-13-8-14(17-10-16-13)21-9-12-6-4-3-5-7-12/h3-8,10-11H,9H2,1-2H3,(H2,16,17,18,19,20). The number of aromatic nitrogens is 2. The molecule has 0 saturated heterocycles. The van der Waals surface area contributed by atoms with Gasteiger partial charge in [0.05, 0.1) is 0 Å². The van der Waals surface area contributed by atoms with Gasteiger partial charge in [0.1, 0.15) is 18.8 Å². The van der Waals surface area contributed by atoms with Crippen LogP contribution in [-0.2, 0) is 6.61 Å². The lowest BCUT2D eigenvalue weighted by molar-refractivity contribution is 0.250. The molecular weight excluding hydrogens is 268 g/mol. The smallest absolute Gasteiger partial charge is 0.320 e. The van der Waals surface area contributed by atoms with Gasteiger partial charge < -0.3 is 10.1 Å². The summed E-state index contributed by atoms with van der Waals surface area (Å²) in [6, 6.07) is 11.1. The largest absolute Gasteiger partial charge is 0.473 e. The average molecular weight is 286 g/mol. The highest BCUT2D eigenvalue weighted by molar-refractivity contribution is 5.88. The van der Waals surface area contributed by atoms with Crippen LogP contribution < -0.4 is 15.4 Å². The van der Waals surface area contributed by atoms with E-state index < -0.39 is 0 Å². The van der Waals surface area contributed by atoms with Gasteiger partial charge in [-0.3, -0.25) is 5.32 Å². The van der Waals surface area contributed by atoms with Gasteiger partial charge in [-0.25, -0.2) is 14.8 Å². The van der Waals surface area contributed by atoms with Crippen LogP contribution in [0.15, 0.2) is 42.7 Å². The molecule has 6 nitrogen and oxygen atoms in total. The number of anilines is 1. The maximum absolute atomic E-state index is 11.6. The van der Waals surface area contributed by atoms with Crippen LogP contribution in [0.3, 0.4) is 0 Å². The van der Waals surface area contributed by atoms with E-state index in [2.05, 4.69) is 20.6 Å². The highest BCUT2D eigenvalue weighted by atomic mass is 16.5. The molecule has 1 heterocycles. The monoisotopic (exact) mass is 286 g/mol. The molecule has 1 aromatic heterocycles. The normalized spacial score (nSPS) is 10.2. The van der Waals surface area contributed by atoms with Gasteiger partial charge in [-0.2, -0.15) is 0 Å². The first-order valence-electron chi connectivity index (χ1n) is 6.70. The summed E-state index contributed by atoms with van der Waals surface area (Å²) in [6.45, 7) is 4.18. The zero-order valence-corrected chi connectivity index (χ0v) is 12.0.